The van der Waals surface area contributed by atoms with E-state index in [4.69, 9.17) is 5.26 Å². The summed E-state index contributed by atoms with van der Waals surface area (Å²) in [5.41, 5.74) is 1.84. The van der Waals surface area contributed by atoms with Gasteiger partial charge in [-0.3, -0.25) is 0 Å². The van der Waals surface area contributed by atoms with E-state index in [0.717, 1.165) is 17.9 Å². The summed E-state index contributed by atoms with van der Waals surface area (Å²) < 4.78 is 0. The third kappa shape index (κ3) is 2.92. The predicted octanol–water partition coefficient (Wildman–Crippen LogP) is 2.13. The first-order valence-electron chi connectivity index (χ1n) is 5.51. The number of nitriles is 1. The van der Waals surface area contributed by atoms with Crippen molar-refractivity contribution in [1.29, 1.82) is 5.26 Å². The Kier molecular flexibility index (Phi) is 3.53. The van der Waals surface area contributed by atoms with Gasteiger partial charge in [0, 0.05) is 18.9 Å². The first-order valence-corrected chi connectivity index (χ1v) is 5.51. The number of imidazole rings is 1. The van der Waals surface area contributed by atoms with Crippen LogP contribution in [0.1, 0.15) is 29.9 Å². The molecular weight excluding hydrogens is 212 g/mol. The number of rotatable bonds is 4. The summed E-state index contributed by atoms with van der Waals surface area (Å²) in [6, 6.07) is 9.86. The molecule has 0 amide bonds. The van der Waals surface area contributed by atoms with E-state index >= 15 is 0 Å². The normalized spacial score (nSPS) is 12.0. The monoisotopic (exact) mass is 226 g/mol. The number of aromatic nitrogens is 2. The zero-order valence-corrected chi connectivity index (χ0v) is 9.64. The van der Waals surface area contributed by atoms with Gasteiger partial charge in [0.15, 0.2) is 0 Å². The van der Waals surface area contributed by atoms with Crippen LogP contribution in [0.4, 0.5) is 0 Å². The van der Waals surface area contributed by atoms with Gasteiger partial charge in [0.2, 0.25) is 0 Å². The standard InChI is InChI=1S/C13H14N4/c1-10(13-15-6-7-16-13)17-9-12-4-2-11(8-14)3-5-12/h2-7,10,17H,9H2,1H3,(H,15,16). The minimum absolute atomic E-state index is 0.181. The van der Waals surface area contributed by atoms with Gasteiger partial charge in [-0.2, -0.15) is 5.26 Å². The lowest BCUT2D eigenvalue weighted by Crippen LogP contribution is -2.19. The maximum absolute atomic E-state index is 8.69. The van der Waals surface area contributed by atoms with Crippen molar-refractivity contribution in [2.45, 2.75) is 19.5 Å². The number of aromatic amines is 1. The summed E-state index contributed by atoms with van der Waals surface area (Å²) in [5.74, 6) is 0.929. The molecule has 86 valence electrons. The molecule has 2 aromatic rings. The van der Waals surface area contributed by atoms with Crippen molar-refractivity contribution < 1.29 is 0 Å². The van der Waals surface area contributed by atoms with Crippen molar-refractivity contribution in [2.24, 2.45) is 0 Å². The SMILES string of the molecule is CC(NCc1ccc(C#N)cc1)c1ncc[nH]1. The van der Waals surface area contributed by atoms with Crippen molar-refractivity contribution in [1.82, 2.24) is 15.3 Å². The van der Waals surface area contributed by atoms with Gasteiger partial charge in [0.1, 0.15) is 5.82 Å². The number of hydrogen-bond acceptors (Lipinski definition) is 3. The van der Waals surface area contributed by atoms with Gasteiger partial charge in [-0.15, -0.1) is 0 Å². The van der Waals surface area contributed by atoms with Gasteiger partial charge in [-0.25, -0.2) is 4.98 Å². The molecule has 2 N–H and O–H groups in total. The fourth-order valence-corrected chi connectivity index (χ4v) is 1.58. The topological polar surface area (TPSA) is 64.5 Å². The summed E-state index contributed by atoms with van der Waals surface area (Å²) in [5, 5.41) is 12.1. The molecular formula is C13H14N4. The van der Waals surface area contributed by atoms with Crippen molar-refractivity contribution in [3.63, 3.8) is 0 Å². The molecule has 4 nitrogen and oxygen atoms in total. The first-order chi connectivity index (χ1) is 8.29. The van der Waals surface area contributed by atoms with Crippen LogP contribution in [0, 0.1) is 11.3 Å². The lowest BCUT2D eigenvalue weighted by molar-refractivity contribution is 0.551. The van der Waals surface area contributed by atoms with Crippen LogP contribution in [0.3, 0.4) is 0 Å². The first kappa shape index (κ1) is 11.4. The molecule has 4 heteroatoms. The average Bonchev–Trinajstić information content (AvgIpc) is 2.90. The summed E-state index contributed by atoms with van der Waals surface area (Å²) in [6.07, 6.45) is 3.56. The zero-order valence-electron chi connectivity index (χ0n) is 9.64. The molecule has 2 rings (SSSR count). The highest BCUT2D eigenvalue weighted by Gasteiger charge is 2.06. The molecule has 1 heterocycles. The number of nitrogens with one attached hydrogen (secondary N) is 2. The largest absolute Gasteiger partial charge is 0.347 e. The van der Waals surface area contributed by atoms with Gasteiger partial charge >= 0.3 is 0 Å². The Morgan fingerprint density at radius 3 is 2.76 bits per heavy atom. The van der Waals surface area contributed by atoms with E-state index in [1.165, 1.54) is 0 Å². The molecule has 0 bridgehead atoms. The van der Waals surface area contributed by atoms with E-state index in [1.807, 2.05) is 30.5 Å². The maximum Gasteiger partial charge on any atom is 0.122 e. The molecule has 0 saturated heterocycles. The number of hydrogen-bond donors (Lipinski definition) is 2. The number of H-pyrrole nitrogens is 1. The average molecular weight is 226 g/mol. The van der Waals surface area contributed by atoms with Crippen LogP contribution < -0.4 is 5.32 Å². The molecule has 0 aliphatic carbocycles. The highest BCUT2D eigenvalue weighted by atomic mass is 15.0. The van der Waals surface area contributed by atoms with Crippen LogP contribution in [-0.4, -0.2) is 9.97 Å². The summed E-state index contributed by atoms with van der Waals surface area (Å²) >= 11 is 0. The lowest BCUT2D eigenvalue weighted by Gasteiger charge is -2.11. The molecule has 0 spiro atoms. The Hall–Kier alpha value is -2.12. The predicted molar refractivity (Wildman–Crippen MR) is 65.0 cm³/mol. The summed E-state index contributed by atoms with van der Waals surface area (Å²) in [7, 11) is 0. The fourth-order valence-electron chi connectivity index (χ4n) is 1.58. The number of benzene rings is 1. The Morgan fingerprint density at radius 2 is 2.18 bits per heavy atom. The Labute approximate surface area is 100 Å². The van der Waals surface area contributed by atoms with Crippen molar-refractivity contribution in [2.75, 3.05) is 0 Å². The molecule has 17 heavy (non-hydrogen) atoms. The molecule has 0 radical (unpaired) electrons. The van der Waals surface area contributed by atoms with Crippen LogP contribution in [0.25, 0.3) is 0 Å². The van der Waals surface area contributed by atoms with Crippen molar-refractivity contribution >= 4 is 0 Å². The van der Waals surface area contributed by atoms with E-state index in [2.05, 4.69) is 28.3 Å². The Bertz CT molecular complexity index is 493. The van der Waals surface area contributed by atoms with Gasteiger partial charge in [0.05, 0.1) is 17.7 Å². The van der Waals surface area contributed by atoms with Crippen molar-refractivity contribution in [3.8, 4) is 6.07 Å². The second-order valence-corrected chi connectivity index (χ2v) is 3.89. The molecule has 1 aromatic carbocycles. The molecule has 0 aliphatic heterocycles. The highest BCUT2D eigenvalue weighted by Crippen LogP contribution is 2.08. The molecule has 1 aromatic heterocycles. The molecule has 1 atom stereocenters. The maximum atomic E-state index is 8.69. The van der Waals surface area contributed by atoms with Crippen molar-refractivity contribution in [3.05, 3.63) is 53.6 Å². The van der Waals surface area contributed by atoms with E-state index < -0.39 is 0 Å². The summed E-state index contributed by atoms with van der Waals surface area (Å²) in [4.78, 5) is 7.27. The highest BCUT2D eigenvalue weighted by molar-refractivity contribution is 5.31. The van der Waals surface area contributed by atoms with E-state index in [1.54, 1.807) is 6.20 Å². The quantitative estimate of drug-likeness (QED) is 0.839. The minimum atomic E-state index is 0.181. The second-order valence-electron chi connectivity index (χ2n) is 3.89. The van der Waals surface area contributed by atoms with Crippen LogP contribution in [-0.2, 0) is 6.54 Å². The van der Waals surface area contributed by atoms with Gasteiger partial charge < -0.3 is 10.3 Å². The molecule has 0 saturated carbocycles. The molecule has 1 unspecified atom stereocenters. The molecule has 0 fully saturated rings. The smallest absolute Gasteiger partial charge is 0.122 e. The van der Waals surface area contributed by atoms with E-state index in [0.29, 0.717) is 5.56 Å². The third-order valence-corrected chi connectivity index (χ3v) is 2.62. The van der Waals surface area contributed by atoms with Gasteiger partial charge in [-0.05, 0) is 24.6 Å². The van der Waals surface area contributed by atoms with Gasteiger partial charge in [0.25, 0.3) is 0 Å². The Morgan fingerprint density at radius 1 is 1.41 bits per heavy atom. The lowest BCUT2D eigenvalue weighted by atomic mass is 10.1. The van der Waals surface area contributed by atoms with E-state index in [9.17, 15) is 0 Å². The fraction of sp³-hybridized carbons (Fsp3) is 0.231. The van der Waals surface area contributed by atoms with Crippen LogP contribution in [0.2, 0.25) is 0 Å². The third-order valence-electron chi connectivity index (χ3n) is 2.62. The zero-order chi connectivity index (χ0) is 12.1. The number of nitrogens with zero attached hydrogens (tertiary/aromatic N) is 2. The van der Waals surface area contributed by atoms with Gasteiger partial charge in [-0.1, -0.05) is 12.1 Å². The Balaban J connectivity index is 1.91. The van der Waals surface area contributed by atoms with Crippen LogP contribution in [0.5, 0.6) is 0 Å². The molecule has 0 aliphatic rings. The summed E-state index contributed by atoms with van der Waals surface area (Å²) in [6.45, 7) is 2.82. The second kappa shape index (κ2) is 5.28. The van der Waals surface area contributed by atoms with Crippen LogP contribution in [0.15, 0.2) is 36.7 Å². The minimum Gasteiger partial charge on any atom is -0.347 e. The van der Waals surface area contributed by atoms with Crippen LogP contribution >= 0.6 is 0 Å². The van der Waals surface area contributed by atoms with E-state index in [-0.39, 0.29) is 6.04 Å².